The third-order valence-electron chi connectivity index (χ3n) is 3.07. The number of rotatable bonds is 3. The van der Waals surface area contributed by atoms with Crippen LogP contribution in [0.1, 0.15) is 18.7 Å². The Morgan fingerprint density at radius 2 is 2.13 bits per heavy atom. The number of hydrogen-bond acceptors (Lipinski definition) is 4. The molecule has 84 valence electrons. The molecule has 1 saturated heterocycles. The van der Waals surface area contributed by atoms with Gasteiger partial charge in [-0.05, 0) is 33.0 Å². The Balaban J connectivity index is 1.77. The molecule has 1 N–H and O–H groups in total. The van der Waals surface area contributed by atoms with Crippen LogP contribution >= 0.6 is 0 Å². The molecule has 5 heteroatoms. The van der Waals surface area contributed by atoms with Crippen LogP contribution < -0.4 is 5.32 Å². The molecule has 0 spiro atoms. The molecule has 1 aliphatic rings. The van der Waals surface area contributed by atoms with Gasteiger partial charge < -0.3 is 10.2 Å². The first-order valence-corrected chi connectivity index (χ1v) is 5.50. The molecule has 0 saturated carbocycles. The molecule has 0 bridgehead atoms. The van der Waals surface area contributed by atoms with Crippen LogP contribution in [0, 0.1) is 0 Å². The SMILES string of the molecule is CN1CCC(NCc2ncnn2C)CC1. The summed E-state index contributed by atoms with van der Waals surface area (Å²) in [6, 6.07) is 0.637. The van der Waals surface area contributed by atoms with Crippen molar-refractivity contribution in [1.82, 2.24) is 25.0 Å². The standard InChI is InChI=1S/C10H19N5/c1-14-5-3-9(4-6-14)11-7-10-12-8-13-15(10)2/h8-9,11H,3-7H2,1-2H3. The summed E-state index contributed by atoms with van der Waals surface area (Å²) in [6.45, 7) is 3.21. The maximum Gasteiger partial charge on any atom is 0.140 e. The van der Waals surface area contributed by atoms with Gasteiger partial charge in [-0.1, -0.05) is 0 Å². The number of hydrogen-bond donors (Lipinski definition) is 1. The molecule has 0 amide bonds. The van der Waals surface area contributed by atoms with Crippen molar-refractivity contribution >= 4 is 0 Å². The summed E-state index contributed by atoms with van der Waals surface area (Å²) in [5.41, 5.74) is 0. The van der Waals surface area contributed by atoms with Gasteiger partial charge in [-0.15, -0.1) is 0 Å². The lowest BCUT2D eigenvalue weighted by Gasteiger charge is -2.29. The highest BCUT2D eigenvalue weighted by Gasteiger charge is 2.16. The van der Waals surface area contributed by atoms with Crippen LogP contribution in [0.5, 0.6) is 0 Å². The Morgan fingerprint density at radius 3 is 2.73 bits per heavy atom. The topological polar surface area (TPSA) is 46.0 Å². The summed E-state index contributed by atoms with van der Waals surface area (Å²) < 4.78 is 1.82. The van der Waals surface area contributed by atoms with Gasteiger partial charge in [-0.25, -0.2) is 4.98 Å². The van der Waals surface area contributed by atoms with Crippen molar-refractivity contribution in [3.8, 4) is 0 Å². The molecular formula is C10H19N5. The Morgan fingerprint density at radius 1 is 1.40 bits per heavy atom. The zero-order valence-electron chi connectivity index (χ0n) is 9.48. The van der Waals surface area contributed by atoms with Crippen molar-refractivity contribution in [2.75, 3.05) is 20.1 Å². The second kappa shape index (κ2) is 4.72. The molecule has 0 aromatic carbocycles. The summed E-state index contributed by atoms with van der Waals surface area (Å²) in [4.78, 5) is 6.57. The molecule has 5 nitrogen and oxygen atoms in total. The lowest BCUT2D eigenvalue weighted by Crippen LogP contribution is -2.40. The molecule has 1 fully saturated rings. The van der Waals surface area contributed by atoms with Gasteiger partial charge in [0.05, 0.1) is 6.54 Å². The van der Waals surface area contributed by atoms with E-state index in [-0.39, 0.29) is 0 Å². The van der Waals surface area contributed by atoms with Crippen LogP contribution in [-0.4, -0.2) is 45.8 Å². The quantitative estimate of drug-likeness (QED) is 0.761. The van der Waals surface area contributed by atoms with E-state index in [2.05, 4.69) is 27.3 Å². The minimum absolute atomic E-state index is 0.637. The third kappa shape index (κ3) is 2.76. The zero-order valence-corrected chi connectivity index (χ0v) is 9.48. The summed E-state index contributed by atoms with van der Waals surface area (Å²) in [6.07, 6.45) is 4.06. The average molecular weight is 209 g/mol. The van der Waals surface area contributed by atoms with Crippen molar-refractivity contribution in [2.24, 2.45) is 7.05 Å². The Kier molecular flexibility index (Phi) is 3.33. The van der Waals surface area contributed by atoms with Crippen molar-refractivity contribution in [3.63, 3.8) is 0 Å². The number of likely N-dealkylation sites (tertiary alicyclic amines) is 1. The summed E-state index contributed by atoms with van der Waals surface area (Å²) in [5.74, 6) is 1.01. The zero-order chi connectivity index (χ0) is 10.7. The molecule has 0 unspecified atom stereocenters. The first-order valence-electron chi connectivity index (χ1n) is 5.50. The maximum atomic E-state index is 4.19. The van der Waals surface area contributed by atoms with Gasteiger partial charge in [-0.2, -0.15) is 5.10 Å². The van der Waals surface area contributed by atoms with Crippen molar-refractivity contribution in [3.05, 3.63) is 12.2 Å². The average Bonchev–Trinajstić information content (AvgIpc) is 2.63. The van der Waals surface area contributed by atoms with E-state index in [1.165, 1.54) is 25.9 Å². The number of nitrogens with zero attached hydrogens (tertiary/aromatic N) is 4. The molecule has 15 heavy (non-hydrogen) atoms. The number of piperidine rings is 1. The minimum atomic E-state index is 0.637. The molecule has 1 aliphatic heterocycles. The van der Waals surface area contributed by atoms with Crippen LogP contribution in [0.2, 0.25) is 0 Å². The molecule has 1 aromatic heterocycles. The summed E-state index contributed by atoms with van der Waals surface area (Å²) in [7, 11) is 4.11. The second-order valence-corrected chi connectivity index (χ2v) is 4.26. The van der Waals surface area contributed by atoms with Crippen LogP contribution in [0.25, 0.3) is 0 Å². The Labute approximate surface area is 90.5 Å². The number of aromatic nitrogens is 3. The van der Waals surface area contributed by atoms with Gasteiger partial charge in [0.1, 0.15) is 12.2 Å². The summed E-state index contributed by atoms with van der Waals surface area (Å²) in [5, 5.41) is 7.59. The van der Waals surface area contributed by atoms with Crippen LogP contribution in [0.15, 0.2) is 6.33 Å². The maximum absolute atomic E-state index is 4.19. The van der Waals surface area contributed by atoms with E-state index in [0.717, 1.165) is 12.4 Å². The van der Waals surface area contributed by atoms with Crippen LogP contribution in [0.4, 0.5) is 0 Å². The highest BCUT2D eigenvalue weighted by atomic mass is 15.3. The van der Waals surface area contributed by atoms with E-state index >= 15 is 0 Å². The highest BCUT2D eigenvalue weighted by molar-refractivity contribution is 4.85. The van der Waals surface area contributed by atoms with Crippen LogP contribution in [-0.2, 0) is 13.6 Å². The van der Waals surface area contributed by atoms with Gasteiger partial charge in [0.25, 0.3) is 0 Å². The van der Waals surface area contributed by atoms with Gasteiger partial charge in [-0.3, -0.25) is 4.68 Å². The third-order valence-corrected chi connectivity index (χ3v) is 3.07. The van der Waals surface area contributed by atoms with Gasteiger partial charge in [0.15, 0.2) is 0 Å². The predicted octanol–water partition coefficient (Wildman–Crippen LogP) is -0.00110. The highest BCUT2D eigenvalue weighted by Crippen LogP contribution is 2.08. The normalized spacial score (nSPS) is 19.6. The van der Waals surface area contributed by atoms with Gasteiger partial charge in [0, 0.05) is 13.1 Å². The van der Waals surface area contributed by atoms with Gasteiger partial charge in [0.2, 0.25) is 0 Å². The summed E-state index contributed by atoms with van der Waals surface area (Å²) >= 11 is 0. The lowest BCUT2D eigenvalue weighted by molar-refractivity contribution is 0.233. The van der Waals surface area contributed by atoms with Crippen molar-refractivity contribution in [1.29, 1.82) is 0 Å². The van der Waals surface area contributed by atoms with E-state index in [0.29, 0.717) is 6.04 Å². The fraction of sp³-hybridized carbons (Fsp3) is 0.800. The Bertz CT molecular complexity index is 301. The fourth-order valence-corrected chi connectivity index (χ4v) is 1.93. The van der Waals surface area contributed by atoms with Crippen molar-refractivity contribution in [2.45, 2.75) is 25.4 Å². The first-order chi connectivity index (χ1) is 7.25. The second-order valence-electron chi connectivity index (χ2n) is 4.26. The monoisotopic (exact) mass is 209 g/mol. The molecule has 2 rings (SSSR count). The lowest BCUT2D eigenvalue weighted by atomic mass is 10.1. The fourth-order valence-electron chi connectivity index (χ4n) is 1.93. The van der Waals surface area contributed by atoms with Crippen LogP contribution in [0.3, 0.4) is 0 Å². The number of nitrogens with one attached hydrogen (secondary N) is 1. The Hall–Kier alpha value is -0.940. The van der Waals surface area contributed by atoms with E-state index in [9.17, 15) is 0 Å². The van der Waals surface area contributed by atoms with E-state index in [1.54, 1.807) is 6.33 Å². The molecular weight excluding hydrogens is 190 g/mol. The van der Waals surface area contributed by atoms with E-state index in [4.69, 9.17) is 0 Å². The molecule has 0 atom stereocenters. The predicted molar refractivity (Wildman–Crippen MR) is 58.4 cm³/mol. The molecule has 0 aliphatic carbocycles. The van der Waals surface area contributed by atoms with E-state index in [1.807, 2.05) is 11.7 Å². The largest absolute Gasteiger partial charge is 0.307 e. The molecule has 2 heterocycles. The first kappa shape index (κ1) is 10.6. The molecule has 0 radical (unpaired) electrons. The smallest absolute Gasteiger partial charge is 0.140 e. The molecule has 1 aromatic rings. The minimum Gasteiger partial charge on any atom is -0.307 e. The van der Waals surface area contributed by atoms with Crippen molar-refractivity contribution < 1.29 is 0 Å². The van der Waals surface area contributed by atoms with E-state index < -0.39 is 0 Å². The van der Waals surface area contributed by atoms with Gasteiger partial charge >= 0.3 is 0 Å². The number of aryl methyl sites for hydroxylation is 1.